The predicted octanol–water partition coefficient (Wildman–Crippen LogP) is 2.13. The fraction of sp³-hybridized carbons (Fsp3) is 0.300. The van der Waals surface area contributed by atoms with Crippen molar-refractivity contribution in [1.29, 1.82) is 5.26 Å². The molecule has 0 aromatic heterocycles. The molecule has 0 radical (unpaired) electrons. The van der Waals surface area contributed by atoms with E-state index in [0.29, 0.717) is 11.6 Å². The molecular weight excluding hydrogens is 244 g/mol. The molecule has 1 aliphatic rings. The molecule has 0 unspecified atom stereocenters. The summed E-state index contributed by atoms with van der Waals surface area (Å²) in [6.45, 7) is 1.51. The lowest BCUT2D eigenvalue weighted by atomic mass is 10.2. The van der Waals surface area contributed by atoms with Crippen molar-refractivity contribution < 1.29 is 4.74 Å². The van der Waals surface area contributed by atoms with Gasteiger partial charge in [-0.1, -0.05) is 0 Å². The first-order valence-electron chi connectivity index (χ1n) is 4.33. The average molecular weight is 253 g/mol. The van der Waals surface area contributed by atoms with Gasteiger partial charge in [0.05, 0.1) is 30.9 Å². The standard InChI is InChI=1S/C10H9BrN2O/c11-9-3-7(4-12)1-2-10(9)13-8-5-14-6-8/h1-3,8,13H,5-6H2. The van der Waals surface area contributed by atoms with Gasteiger partial charge in [0, 0.05) is 10.2 Å². The van der Waals surface area contributed by atoms with E-state index in [4.69, 9.17) is 10.00 Å². The number of hydrogen-bond acceptors (Lipinski definition) is 3. The van der Waals surface area contributed by atoms with Gasteiger partial charge < -0.3 is 10.1 Å². The summed E-state index contributed by atoms with van der Waals surface area (Å²) in [4.78, 5) is 0. The van der Waals surface area contributed by atoms with Gasteiger partial charge in [0.1, 0.15) is 0 Å². The van der Waals surface area contributed by atoms with Crippen LogP contribution in [0.2, 0.25) is 0 Å². The normalized spacial score (nSPS) is 15.7. The Hall–Kier alpha value is -1.05. The molecule has 72 valence electrons. The van der Waals surface area contributed by atoms with E-state index in [1.165, 1.54) is 0 Å². The van der Waals surface area contributed by atoms with E-state index < -0.39 is 0 Å². The maximum atomic E-state index is 8.68. The minimum atomic E-state index is 0.402. The van der Waals surface area contributed by atoms with Gasteiger partial charge in [0.25, 0.3) is 0 Å². The third-order valence-electron chi connectivity index (χ3n) is 2.10. The van der Waals surface area contributed by atoms with Crippen molar-refractivity contribution in [2.45, 2.75) is 6.04 Å². The summed E-state index contributed by atoms with van der Waals surface area (Å²) in [6.07, 6.45) is 0. The second-order valence-electron chi connectivity index (χ2n) is 3.19. The van der Waals surface area contributed by atoms with Gasteiger partial charge in [-0.2, -0.15) is 5.26 Å². The zero-order valence-corrected chi connectivity index (χ0v) is 9.04. The van der Waals surface area contributed by atoms with Crippen molar-refractivity contribution >= 4 is 21.6 Å². The van der Waals surface area contributed by atoms with Gasteiger partial charge in [0.15, 0.2) is 0 Å². The van der Waals surface area contributed by atoms with Gasteiger partial charge in [0.2, 0.25) is 0 Å². The minimum Gasteiger partial charge on any atom is -0.377 e. The van der Waals surface area contributed by atoms with E-state index in [1.54, 1.807) is 6.07 Å². The lowest BCUT2D eigenvalue weighted by molar-refractivity contribution is 0.0211. The Kier molecular flexibility index (Phi) is 2.71. The number of ether oxygens (including phenoxy) is 1. The Balaban J connectivity index is 2.14. The first kappa shape index (κ1) is 9.50. The fourth-order valence-electron chi connectivity index (χ4n) is 1.24. The van der Waals surface area contributed by atoms with Gasteiger partial charge >= 0.3 is 0 Å². The Morgan fingerprint density at radius 3 is 2.79 bits per heavy atom. The molecule has 1 heterocycles. The monoisotopic (exact) mass is 252 g/mol. The maximum Gasteiger partial charge on any atom is 0.0992 e. The molecule has 4 heteroatoms. The Labute approximate surface area is 90.8 Å². The molecule has 0 amide bonds. The van der Waals surface area contributed by atoms with Crippen LogP contribution < -0.4 is 5.32 Å². The number of nitrogens with one attached hydrogen (secondary N) is 1. The first-order chi connectivity index (χ1) is 6.79. The Bertz CT molecular complexity index is 382. The minimum absolute atomic E-state index is 0.402. The quantitative estimate of drug-likeness (QED) is 0.878. The molecule has 1 fully saturated rings. The summed E-state index contributed by atoms with van der Waals surface area (Å²) in [5.41, 5.74) is 1.67. The van der Waals surface area contributed by atoms with Gasteiger partial charge in [-0.25, -0.2) is 0 Å². The number of halogens is 1. The molecule has 0 saturated carbocycles. The van der Waals surface area contributed by atoms with Crippen molar-refractivity contribution in [2.75, 3.05) is 18.5 Å². The van der Waals surface area contributed by atoms with Crippen LogP contribution in [0.5, 0.6) is 0 Å². The molecule has 3 nitrogen and oxygen atoms in total. The van der Waals surface area contributed by atoms with Crippen LogP contribution in [0.4, 0.5) is 5.69 Å². The van der Waals surface area contributed by atoms with Crippen LogP contribution in [0.3, 0.4) is 0 Å². The van der Waals surface area contributed by atoms with Crippen LogP contribution in [0.1, 0.15) is 5.56 Å². The van der Waals surface area contributed by atoms with Crippen LogP contribution in [0.15, 0.2) is 22.7 Å². The molecule has 14 heavy (non-hydrogen) atoms. The molecule has 0 atom stereocenters. The van der Waals surface area contributed by atoms with Crippen LogP contribution >= 0.6 is 15.9 Å². The topological polar surface area (TPSA) is 45.0 Å². The third kappa shape index (κ3) is 1.89. The number of benzene rings is 1. The lowest BCUT2D eigenvalue weighted by Gasteiger charge is -2.28. The van der Waals surface area contributed by atoms with E-state index >= 15 is 0 Å². The Morgan fingerprint density at radius 1 is 1.50 bits per heavy atom. The zero-order chi connectivity index (χ0) is 9.97. The van der Waals surface area contributed by atoms with Crippen molar-refractivity contribution in [3.05, 3.63) is 28.2 Å². The van der Waals surface area contributed by atoms with Gasteiger partial charge in [-0.3, -0.25) is 0 Å². The van der Waals surface area contributed by atoms with Crippen molar-refractivity contribution in [3.8, 4) is 6.07 Å². The summed E-state index contributed by atoms with van der Waals surface area (Å²) in [5, 5.41) is 12.0. The molecular formula is C10H9BrN2O. The SMILES string of the molecule is N#Cc1ccc(NC2COC2)c(Br)c1. The Morgan fingerprint density at radius 2 is 2.29 bits per heavy atom. The van der Waals surface area contributed by atoms with Crippen LogP contribution in [-0.2, 0) is 4.74 Å². The molecule has 2 rings (SSSR count). The van der Waals surface area contributed by atoms with Gasteiger partial charge in [-0.15, -0.1) is 0 Å². The van der Waals surface area contributed by atoms with E-state index in [9.17, 15) is 0 Å². The fourth-order valence-corrected chi connectivity index (χ4v) is 1.73. The highest BCUT2D eigenvalue weighted by atomic mass is 79.9. The molecule has 0 bridgehead atoms. The van der Waals surface area contributed by atoms with Gasteiger partial charge in [-0.05, 0) is 34.1 Å². The molecule has 1 aromatic carbocycles. The number of rotatable bonds is 2. The number of anilines is 1. The second-order valence-corrected chi connectivity index (χ2v) is 4.04. The van der Waals surface area contributed by atoms with Crippen molar-refractivity contribution in [3.63, 3.8) is 0 Å². The predicted molar refractivity (Wildman–Crippen MR) is 57.1 cm³/mol. The van der Waals surface area contributed by atoms with Crippen LogP contribution in [0.25, 0.3) is 0 Å². The number of nitrogens with zero attached hydrogens (tertiary/aromatic N) is 1. The number of nitriles is 1. The molecule has 1 N–H and O–H groups in total. The maximum absolute atomic E-state index is 8.68. The van der Waals surface area contributed by atoms with E-state index in [1.807, 2.05) is 12.1 Å². The lowest BCUT2D eigenvalue weighted by Crippen LogP contribution is -2.40. The van der Waals surface area contributed by atoms with Crippen LogP contribution in [0, 0.1) is 11.3 Å². The highest BCUT2D eigenvalue weighted by molar-refractivity contribution is 9.10. The summed E-state index contributed by atoms with van der Waals surface area (Å²) < 4.78 is 5.98. The molecule has 0 spiro atoms. The molecule has 1 aromatic rings. The second kappa shape index (κ2) is 3.99. The third-order valence-corrected chi connectivity index (χ3v) is 2.75. The van der Waals surface area contributed by atoms with E-state index in [-0.39, 0.29) is 0 Å². The van der Waals surface area contributed by atoms with Crippen LogP contribution in [-0.4, -0.2) is 19.3 Å². The first-order valence-corrected chi connectivity index (χ1v) is 5.13. The summed E-state index contributed by atoms with van der Waals surface area (Å²) in [5.74, 6) is 0. The summed E-state index contributed by atoms with van der Waals surface area (Å²) >= 11 is 3.42. The molecule has 1 aliphatic heterocycles. The smallest absolute Gasteiger partial charge is 0.0992 e. The highest BCUT2D eigenvalue weighted by Gasteiger charge is 2.18. The van der Waals surface area contributed by atoms with E-state index in [2.05, 4.69) is 27.3 Å². The van der Waals surface area contributed by atoms with Crippen molar-refractivity contribution in [1.82, 2.24) is 0 Å². The largest absolute Gasteiger partial charge is 0.377 e. The highest BCUT2D eigenvalue weighted by Crippen LogP contribution is 2.25. The average Bonchev–Trinajstić information content (AvgIpc) is 2.13. The van der Waals surface area contributed by atoms with E-state index in [0.717, 1.165) is 23.4 Å². The summed E-state index contributed by atoms with van der Waals surface area (Å²) in [7, 11) is 0. The molecule has 0 aliphatic carbocycles. The van der Waals surface area contributed by atoms with Crippen molar-refractivity contribution in [2.24, 2.45) is 0 Å². The zero-order valence-electron chi connectivity index (χ0n) is 7.46. The summed E-state index contributed by atoms with van der Waals surface area (Å²) in [6, 6.07) is 8.01. The molecule has 1 saturated heterocycles. The number of hydrogen-bond donors (Lipinski definition) is 1.